The van der Waals surface area contributed by atoms with Gasteiger partial charge >= 0.3 is 0 Å². The fraction of sp³-hybridized carbons (Fsp3) is 0.438. The Bertz CT molecular complexity index is 562. The number of imidazole rings is 1. The van der Waals surface area contributed by atoms with Crippen molar-refractivity contribution in [1.82, 2.24) is 14.5 Å². The number of hydrogen-bond donors (Lipinski definition) is 1. The van der Waals surface area contributed by atoms with Crippen molar-refractivity contribution in [2.75, 3.05) is 13.1 Å². The van der Waals surface area contributed by atoms with Crippen molar-refractivity contribution in [3.8, 4) is 0 Å². The molecule has 1 aliphatic rings. The number of aromatic nitrogens is 2. The number of rotatable bonds is 5. The fourth-order valence-electron chi connectivity index (χ4n) is 3.08. The Hall–Kier alpha value is -1.65. The summed E-state index contributed by atoms with van der Waals surface area (Å²) >= 11 is 0. The van der Waals surface area contributed by atoms with Gasteiger partial charge in [-0.25, -0.2) is 4.98 Å². The summed E-state index contributed by atoms with van der Waals surface area (Å²) in [7, 11) is 0. The second-order valence-corrected chi connectivity index (χ2v) is 5.58. The maximum Gasteiger partial charge on any atom is 0.0945 e. The Morgan fingerprint density at radius 2 is 2.25 bits per heavy atom. The first-order chi connectivity index (χ1) is 9.78. The molecule has 0 amide bonds. The molecule has 20 heavy (non-hydrogen) atoms. The molecule has 0 saturated heterocycles. The smallest absolute Gasteiger partial charge is 0.0945 e. The van der Waals surface area contributed by atoms with Crippen LogP contribution in [-0.4, -0.2) is 27.5 Å². The zero-order valence-corrected chi connectivity index (χ0v) is 12.0. The maximum absolute atomic E-state index is 6.00. The molecule has 4 heteroatoms. The third kappa shape index (κ3) is 2.62. The molecule has 2 aromatic rings. The number of benzene rings is 1. The molecular weight excluding hydrogens is 248 g/mol. The quantitative estimate of drug-likeness (QED) is 0.905. The minimum Gasteiger partial charge on any atom is -0.337 e. The lowest BCUT2D eigenvalue weighted by molar-refractivity contribution is 0.213. The van der Waals surface area contributed by atoms with Crippen LogP contribution in [0.2, 0.25) is 0 Å². The molecule has 1 aromatic carbocycles. The molecule has 0 saturated carbocycles. The lowest BCUT2D eigenvalue weighted by Gasteiger charge is -2.23. The van der Waals surface area contributed by atoms with Gasteiger partial charge in [-0.15, -0.1) is 0 Å². The summed E-state index contributed by atoms with van der Waals surface area (Å²) in [6.45, 7) is 5.97. The first-order valence-corrected chi connectivity index (χ1v) is 7.27. The third-order valence-electron chi connectivity index (χ3n) is 4.12. The van der Waals surface area contributed by atoms with Crippen molar-refractivity contribution in [1.29, 1.82) is 0 Å². The van der Waals surface area contributed by atoms with Gasteiger partial charge in [-0.05, 0) is 24.5 Å². The Balaban J connectivity index is 1.63. The third-order valence-corrected chi connectivity index (χ3v) is 4.12. The van der Waals surface area contributed by atoms with Gasteiger partial charge in [0.2, 0.25) is 0 Å². The van der Waals surface area contributed by atoms with E-state index in [0.29, 0.717) is 12.6 Å². The van der Waals surface area contributed by atoms with Crippen molar-refractivity contribution < 1.29 is 0 Å². The summed E-state index contributed by atoms with van der Waals surface area (Å²) in [5.74, 6) is 0. The van der Waals surface area contributed by atoms with Crippen LogP contribution in [-0.2, 0) is 13.1 Å². The highest BCUT2D eigenvalue weighted by Crippen LogP contribution is 2.33. The van der Waals surface area contributed by atoms with Gasteiger partial charge in [0.1, 0.15) is 0 Å². The van der Waals surface area contributed by atoms with Gasteiger partial charge < -0.3 is 10.3 Å². The van der Waals surface area contributed by atoms with Crippen LogP contribution in [0.4, 0.5) is 0 Å². The van der Waals surface area contributed by atoms with E-state index in [1.54, 1.807) is 0 Å². The van der Waals surface area contributed by atoms with Gasteiger partial charge in [-0.2, -0.15) is 0 Å². The number of hydrogen-bond acceptors (Lipinski definition) is 3. The van der Waals surface area contributed by atoms with Crippen LogP contribution in [0.1, 0.15) is 29.2 Å². The Morgan fingerprint density at radius 3 is 3.00 bits per heavy atom. The molecule has 4 nitrogen and oxygen atoms in total. The first kappa shape index (κ1) is 13.3. The van der Waals surface area contributed by atoms with E-state index in [4.69, 9.17) is 5.73 Å². The highest BCUT2D eigenvalue weighted by atomic mass is 15.2. The van der Waals surface area contributed by atoms with Crippen molar-refractivity contribution in [2.24, 2.45) is 5.73 Å². The van der Waals surface area contributed by atoms with Crippen molar-refractivity contribution in [3.63, 3.8) is 0 Å². The Labute approximate surface area is 120 Å². The minimum absolute atomic E-state index is 0.382. The Kier molecular flexibility index (Phi) is 3.85. The van der Waals surface area contributed by atoms with E-state index < -0.39 is 0 Å². The summed E-state index contributed by atoms with van der Waals surface area (Å²) in [4.78, 5) is 6.58. The maximum atomic E-state index is 6.00. The number of nitrogens with zero attached hydrogens (tertiary/aromatic N) is 3. The predicted octanol–water partition coefficient (Wildman–Crippen LogP) is 2.10. The predicted molar refractivity (Wildman–Crippen MR) is 80.2 cm³/mol. The van der Waals surface area contributed by atoms with Gasteiger partial charge in [-0.1, -0.05) is 23.8 Å². The molecule has 1 aromatic heterocycles. The molecule has 0 bridgehead atoms. The van der Waals surface area contributed by atoms with E-state index in [2.05, 4.69) is 39.6 Å². The number of nitrogens with two attached hydrogens (primary N) is 1. The summed E-state index contributed by atoms with van der Waals surface area (Å²) in [5, 5.41) is 0. The molecular formula is C16H22N4. The molecule has 2 heterocycles. The lowest BCUT2D eigenvalue weighted by Crippen LogP contribution is -2.29. The molecule has 1 unspecified atom stereocenters. The van der Waals surface area contributed by atoms with E-state index in [1.165, 1.54) is 16.7 Å². The molecule has 0 fully saturated rings. The molecule has 106 valence electrons. The number of fused-ring (bicyclic) bond motifs is 1. The molecule has 0 radical (unpaired) electrons. The average Bonchev–Trinajstić information content (AvgIpc) is 3.05. The van der Waals surface area contributed by atoms with Crippen LogP contribution in [0.3, 0.4) is 0 Å². The standard InChI is InChI=1S/C16H22N4/c1-13-3-4-14-11-20(16(10-17)15(14)9-13)7-2-6-19-8-5-18-12-19/h3-5,8-9,12,16H,2,6-7,10-11,17H2,1H3. The highest BCUT2D eigenvalue weighted by Gasteiger charge is 2.28. The van der Waals surface area contributed by atoms with Gasteiger partial charge in [0, 0.05) is 44.6 Å². The minimum atomic E-state index is 0.382. The molecule has 1 atom stereocenters. The van der Waals surface area contributed by atoms with E-state index in [0.717, 1.165) is 26.1 Å². The van der Waals surface area contributed by atoms with E-state index in [-0.39, 0.29) is 0 Å². The van der Waals surface area contributed by atoms with Gasteiger partial charge in [0.25, 0.3) is 0 Å². The molecule has 1 aliphatic heterocycles. The second kappa shape index (κ2) is 5.77. The van der Waals surface area contributed by atoms with Crippen LogP contribution in [0, 0.1) is 6.92 Å². The van der Waals surface area contributed by atoms with Crippen LogP contribution < -0.4 is 5.73 Å². The van der Waals surface area contributed by atoms with Crippen molar-refractivity contribution in [3.05, 3.63) is 53.6 Å². The molecule has 0 spiro atoms. The van der Waals surface area contributed by atoms with Crippen LogP contribution in [0.15, 0.2) is 36.9 Å². The fourth-order valence-corrected chi connectivity index (χ4v) is 3.08. The van der Waals surface area contributed by atoms with Crippen LogP contribution in [0.5, 0.6) is 0 Å². The van der Waals surface area contributed by atoms with Crippen LogP contribution >= 0.6 is 0 Å². The monoisotopic (exact) mass is 270 g/mol. The summed E-state index contributed by atoms with van der Waals surface area (Å²) in [6, 6.07) is 7.13. The van der Waals surface area contributed by atoms with E-state index in [1.807, 2.05) is 18.7 Å². The summed E-state index contributed by atoms with van der Waals surface area (Å²) in [5.41, 5.74) is 10.2. The van der Waals surface area contributed by atoms with Crippen molar-refractivity contribution >= 4 is 0 Å². The van der Waals surface area contributed by atoms with Gasteiger partial charge in [0.15, 0.2) is 0 Å². The number of aryl methyl sites for hydroxylation is 2. The SMILES string of the molecule is Cc1ccc2c(c1)C(CN)N(CCCn1ccnc1)C2. The lowest BCUT2D eigenvalue weighted by atomic mass is 10.0. The summed E-state index contributed by atoms with van der Waals surface area (Å²) < 4.78 is 2.13. The molecule has 3 rings (SSSR count). The Morgan fingerprint density at radius 1 is 1.35 bits per heavy atom. The normalized spacial score (nSPS) is 18.4. The van der Waals surface area contributed by atoms with E-state index in [9.17, 15) is 0 Å². The molecule has 2 N–H and O–H groups in total. The summed E-state index contributed by atoms with van der Waals surface area (Å²) in [6.07, 6.45) is 6.85. The second-order valence-electron chi connectivity index (χ2n) is 5.58. The van der Waals surface area contributed by atoms with E-state index >= 15 is 0 Å². The zero-order valence-electron chi connectivity index (χ0n) is 12.0. The van der Waals surface area contributed by atoms with Crippen molar-refractivity contribution in [2.45, 2.75) is 32.5 Å². The van der Waals surface area contributed by atoms with Crippen LogP contribution in [0.25, 0.3) is 0 Å². The molecule has 0 aliphatic carbocycles. The van der Waals surface area contributed by atoms with Gasteiger partial charge in [-0.3, -0.25) is 4.90 Å². The average molecular weight is 270 g/mol. The van der Waals surface area contributed by atoms with Gasteiger partial charge in [0.05, 0.1) is 6.33 Å². The zero-order chi connectivity index (χ0) is 13.9. The first-order valence-electron chi connectivity index (χ1n) is 7.27. The highest BCUT2D eigenvalue weighted by molar-refractivity contribution is 5.37. The topological polar surface area (TPSA) is 47.1 Å². The largest absolute Gasteiger partial charge is 0.337 e.